The van der Waals surface area contributed by atoms with Gasteiger partial charge in [0.05, 0.1) is 21.9 Å². The van der Waals surface area contributed by atoms with E-state index in [1.165, 1.54) is 18.2 Å². The Morgan fingerprint density at radius 3 is 2.27 bits per heavy atom. The molecule has 1 N–H and O–H groups in total. The van der Waals surface area contributed by atoms with Gasteiger partial charge >= 0.3 is 12.1 Å². The number of aliphatic carboxylic acids is 1. The minimum atomic E-state index is -4.68. The minimum Gasteiger partial charge on any atom is -0.481 e. The van der Waals surface area contributed by atoms with Crippen molar-refractivity contribution in [3.05, 3.63) is 33.8 Å². The second-order valence-electron chi connectivity index (χ2n) is 4.93. The fourth-order valence-electron chi connectivity index (χ4n) is 2.36. The van der Waals surface area contributed by atoms with Crippen LogP contribution in [0.2, 0.25) is 10.0 Å². The summed E-state index contributed by atoms with van der Waals surface area (Å²) >= 11 is 11.5. The summed E-state index contributed by atoms with van der Waals surface area (Å²) in [5.41, 5.74) is 0.0568. The van der Waals surface area contributed by atoms with Gasteiger partial charge < -0.3 is 10.0 Å². The van der Waals surface area contributed by atoms with Crippen LogP contribution in [0, 0.1) is 11.8 Å². The molecule has 0 spiro atoms. The van der Waals surface area contributed by atoms with E-state index in [0.717, 1.165) is 4.90 Å². The van der Waals surface area contributed by atoms with Gasteiger partial charge in [-0.15, -0.1) is 0 Å². The normalized spacial score (nSPS) is 22.0. The molecule has 0 saturated carbocycles. The molecule has 9 heteroatoms. The maximum Gasteiger partial charge on any atom is 0.394 e. The summed E-state index contributed by atoms with van der Waals surface area (Å²) in [5, 5.41) is 9.22. The molecule has 2 rings (SSSR count). The van der Waals surface area contributed by atoms with Crippen molar-refractivity contribution in [3.63, 3.8) is 0 Å². The Morgan fingerprint density at radius 2 is 1.82 bits per heavy atom. The van der Waals surface area contributed by atoms with Gasteiger partial charge in [-0.2, -0.15) is 13.2 Å². The van der Waals surface area contributed by atoms with E-state index in [1.807, 2.05) is 0 Å². The van der Waals surface area contributed by atoms with Crippen LogP contribution in [0.4, 0.5) is 13.2 Å². The van der Waals surface area contributed by atoms with E-state index in [1.54, 1.807) is 0 Å². The molecule has 4 nitrogen and oxygen atoms in total. The van der Waals surface area contributed by atoms with Crippen LogP contribution in [0.25, 0.3) is 0 Å². The first-order valence-corrected chi connectivity index (χ1v) is 6.90. The fourth-order valence-corrected chi connectivity index (χ4v) is 2.66. The lowest BCUT2D eigenvalue weighted by atomic mass is 9.96. The summed E-state index contributed by atoms with van der Waals surface area (Å²) in [6.07, 6.45) is -4.68. The molecule has 1 fully saturated rings. The third-order valence-electron chi connectivity index (χ3n) is 3.51. The van der Waals surface area contributed by atoms with E-state index >= 15 is 0 Å². The number of benzene rings is 1. The predicted octanol–water partition coefficient (Wildman–Crippen LogP) is 3.33. The van der Waals surface area contributed by atoms with Gasteiger partial charge in [-0.1, -0.05) is 23.2 Å². The molecular formula is C13H10Cl2F3NO3. The smallest absolute Gasteiger partial charge is 0.394 e. The minimum absolute atomic E-state index is 0.0568. The lowest BCUT2D eigenvalue weighted by Crippen LogP contribution is -2.34. The molecule has 1 saturated heterocycles. The molecule has 0 unspecified atom stereocenters. The van der Waals surface area contributed by atoms with Crippen molar-refractivity contribution in [2.24, 2.45) is 11.8 Å². The van der Waals surface area contributed by atoms with Crippen molar-refractivity contribution in [1.82, 2.24) is 4.90 Å². The highest BCUT2D eigenvalue weighted by molar-refractivity contribution is 6.42. The summed E-state index contributed by atoms with van der Waals surface area (Å²) in [6, 6.07) is 3.92. The van der Waals surface area contributed by atoms with E-state index in [9.17, 15) is 22.8 Å². The third kappa shape index (κ3) is 3.30. The summed E-state index contributed by atoms with van der Waals surface area (Å²) in [4.78, 5) is 24.1. The van der Waals surface area contributed by atoms with E-state index in [2.05, 4.69) is 0 Å². The average Bonchev–Trinajstić information content (AvgIpc) is 2.86. The van der Waals surface area contributed by atoms with Crippen LogP contribution in [-0.2, 0) is 4.79 Å². The van der Waals surface area contributed by atoms with Gasteiger partial charge in [-0.25, -0.2) is 0 Å². The number of hydrogen-bond donors (Lipinski definition) is 1. The van der Waals surface area contributed by atoms with Crippen LogP contribution in [-0.4, -0.2) is 41.1 Å². The van der Waals surface area contributed by atoms with Gasteiger partial charge in [0.25, 0.3) is 5.91 Å². The molecular weight excluding hydrogens is 346 g/mol. The Bertz CT molecular complexity index is 621. The maximum absolute atomic E-state index is 12.9. The molecule has 1 amide bonds. The summed E-state index contributed by atoms with van der Waals surface area (Å²) < 4.78 is 38.7. The molecule has 1 aromatic rings. The zero-order valence-corrected chi connectivity index (χ0v) is 12.4. The summed E-state index contributed by atoms with van der Waals surface area (Å²) in [6.45, 7) is -1.20. The standard InChI is InChI=1S/C13H10Cl2F3NO3/c14-9-2-1-6(3-10(9)15)11(20)19-4-7(12(21)22)8(5-19)13(16,17)18/h1-3,7-8H,4-5H2,(H,21,22)/t7-,8-/m1/s1. The van der Waals surface area contributed by atoms with Crippen molar-refractivity contribution >= 4 is 35.1 Å². The highest BCUT2D eigenvalue weighted by atomic mass is 35.5. The van der Waals surface area contributed by atoms with Crippen molar-refractivity contribution in [2.75, 3.05) is 13.1 Å². The number of rotatable bonds is 2. The van der Waals surface area contributed by atoms with Gasteiger partial charge in [0.15, 0.2) is 0 Å². The van der Waals surface area contributed by atoms with Crippen LogP contribution in [0.1, 0.15) is 10.4 Å². The number of carbonyl (C=O) groups excluding carboxylic acids is 1. The largest absolute Gasteiger partial charge is 0.481 e. The van der Waals surface area contributed by atoms with Crippen LogP contribution < -0.4 is 0 Å². The molecule has 0 aliphatic carbocycles. The Morgan fingerprint density at radius 1 is 1.18 bits per heavy atom. The fraction of sp³-hybridized carbons (Fsp3) is 0.385. The zero-order valence-electron chi connectivity index (χ0n) is 10.9. The molecule has 0 aromatic heterocycles. The number of carboxylic acids is 1. The first kappa shape index (κ1) is 16.9. The lowest BCUT2D eigenvalue weighted by Gasteiger charge is -2.18. The predicted molar refractivity (Wildman–Crippen MR) is 73.0 cm³/mol. The molecule has 0 radical (unpaired) electrons. The van der Waals surface area contributed by atoms with Crippen LogP contribution in [0.5, 0.6) is 0 Å². The van der Waals surface area contributed by atoms with Crippen LogP contribution in [0.15, 0.2) is 18.2 Å². The Labute approximate surface area is 133 Å². The number of carbonyl (C=O) groups is 2. The molecule has 1 aliphatic rings. The molecule has 22 heavy (non-hydrogen) atoms. The van der Waals surface area contributed by atoms with Crippen molar-refractivity contribution < 1.29 is 27.9 Å². The van der Waals surface area contributed by atoms with Gasteiger partial charge in [-0.3, -0.25) is 9.59 Å². The number of hydrogen-bond acceptors (Lipinski definition) is 2. The Kier molecular flexibility index (Phi) is 4.58. The van der Waals surface area contributed by atoms with Crippen molar-refractivity contribution in [2.45, 2.75) is 6.18 Å². The van der Waals surface area contributed by atoms with E-state index in [4.69, 9.17) is 28.3 Å². The van der Waals surface area contributed by atoms with Crippen molar-refractivity contribution in [3.8, 4) is 0 Å². The molecule has 1 heterocycles. The second kappa shape index (κ2) is 5.96. The molecule has 1 aromatic carbocycles. The monoisotopic (exact) mass is 355 g/mol. The van der Waals surface area contributed by atoms with Gasteiger partial charge in [0, 0.05) is 18.7 Å². The SMILES string of the molecule is O=C(O)[C@@H]1CN(C(=O)c2ccc(Cl)c(Cl)c2)C[C@H]1C(F)(F)F. The second-order valence-corrected chi connectivity index (χ2v) is 5.75. The van der Waals surface area contributed by atoms with Gasteiger partial charge in [-0.05, 0) is 18.2 Å². The van der Waals surface area contributed by atoms with E-state index in [0.29, 0.717) is 0 Å². The van der Waals surface area contributed by atoms with Gasteiger partial charge in [0.1, 0.15) is 0 Å². The topological polar surface area (TPSA) is 57.6 Å². The molecule has 120 valence electrons. The Balaban J connectivity index is 2.24. The maximum atomic E-state index is 12.9. The molecule has 1 aliphatic heterocycles. The van der Waals surface area contributed by atoms with Gasteiger partial charge in [0.2, 0.25) is 0 Å². The molecule has 0 bridgehead atoms. The number of halogens is 5. The summed E-state index contributed by atoms with van der Waals surface area (Å²) in [5.74, 6) is -6.05. The highest BCUT2D eigenvalue weighted by Crippen LogP contribution is 2.38. The average molecular weight is 356 g/mol. The highest BCUT2D eigenvalue weighted by Gasteiger charge is 2.53. The lowest BCUT2D eigenvalue weighted by molar-refractivity contribution is -0.187. The first-order valence-electron chi connectivity index (χ1n) is 6.15. The summed E-state index contributed by atoms with van der Waals surface area (Å²) in [7, 11) is 0. The van der Waals surface area contributed by atoms with Crippen LogP contribution >= 0.6 is 23.2 Å². The quantitative estimate of drug-likeness (QED) is 0.885. The zero-order chi connectivity index (χ0) is 16.7. The third-order valence-corrected chi connectivity index (χ3v) is 4.25. The number of nitrogens with zero attached hydrogens (tertiary/aromatic N) is 1. The number of carboxylic acid groups (broad SMARTS) is 1. The van der Waals surface area contributed by atoms with E-state index < -0.39 is 43.0 Å². The Hall–Kier alpha value is -1.47. The van der Waals surface area contributed by atoms with Crippen molar-refractivity contribution in [1.29, 1.82) is 0 Å². The first-order chi connectivity index (χ1) is 10.1. The number of amides is 1. The number of alkyl halides is 3. The van der Waals surface area contributed by atoms with Crippen LogP contribution in [0.3, 0.4) is 0 Å². The van der Waals surface area contributed by atoms with E-state index in [-0.39, 0.29) is 15.6 Å². The molecule has 2 atom stereocenters. The number of likely N-dealkylation sites (tertiary alicyclic amines) is 1.